The lowest BCUT2D eigenvalue weighted by Gasteiger charge is -2.40. The molecule has 7 aromatic carbocycles. The van der Waals surface area contributed by atoms with Crippen molar-refractivity contribution in [2.75, 3.05) is 0 Å². The highest BCUT2D eigenvalue weighted by atomic mass is 28.3. The van der Waals surface area contributed by atoms with E-state index in [0.717, 1.165) is 28.5 Å². The van der Waals surface area contributed by atoms with Gasteiger partial charge in [-0.3, -0.25) is 0 Å². The van der Waals surface area contributed by atoms with Gasteiger partial charge < -0.3 is 9.47 Å². The summed E-state index contributed by atoms with van der Waals surface area (Å²) in [6.07, 6.45) is 0. The van der Waals surface area contributed by atoms with E-state index in [9.17, 15) is 0 Å². The van der Waals surface area contributed by atoms with Gasteiger partial charge in [-0.25, -0.2) is 0 Å². The minimum atomic E-state index is -3.04. The van der Waals surface area contributed by atoms with Crippen molar-refractivity contribution in [1.29, 1.82) is 0 Å². The van der Waals surface area contributed by atoms with Gasteiger partial charge in [-0.15, -0.1) is 0 Å². The van der Waals surface area contributed by atoms with Crippen molar-refractivity contribution in [3.8, 4) is 45.3 Å². The van der Waals surface area contributed by atoms with Crippen LogP contribution >= 0.6 is 0 Å². The van der Waals surface area contributed by atoms with Crippen LogP contribution in [0.2, 0.25) is 0 Å². The molecular formula is C42H27BO2Si. The summed E-state index contributed by atoms with van der Waals surface area (Å²) >= 11 is 0. The van der Waals surface area contributed by atoms with Crippen LogP contribution in [0.4, 0.5) is 0 Å². The first-order valence-electron chi connectivity index (χ1n) is 15.9. The zero-order chi connectivity index (χ0) is 30.2. The molecule has 0 N–H and O–H groups in total. The van der Waals surface area contributed by atoms with Gasteiger partial charge in [0.15, 0.2) is 8.07 Å². The fourth-order valence-corrected chi connectivity index (χ4v) is 13.6. The molecule has 0 aliphatic carbocycles. The highest BCUT2D eigenvalue weighted by molar-refractivity contribution is 7.21. The quantitative estimate of drug-likeness (QED) is 0.246. The average Bonchev–Trinajstić information content (AvgIpc) is 3.24. The number of para-hydroxylation sites is 2. The van der Waals surface area contributed by atoms with Crippen molar-refractivity contribution in [3.05, 3.63) is 164 Å². The van der Waals surface area contributed by atoms with Crippen LogP contribution in [0.15, 0.2) is 164 Å². The van der Waals surface area contributed by atoms with Gasteiger partial charge >= 0.3 is 0 Å². The number of ether oxygens (including phenoxy) is 2. The van der Waals surface area contributed by atoms with Gasteiger partial charge in [0, 0.05) is 10.6 Å². The van der Waals surface area contributed by atoms with Crippen LogP contribution in [-0.2, 0) is 0 Å². The summed E-state index contributed by atoms with van der Waals surface area (Å²) in [5, 5.41) is 5.31. The number of fused-ring (bicyclic) bond motifs is 10. The highest BCUT2D eigenvalue weighted by Crippen LogP contribution is 2.43. The first-order valence-corrected chi connectivity index (χ1v) is 17.9. The Kier molecular flexibility index (Phi) is 5.43. The molecule has 10 rings (SSSR count). The normalized spacial score (nSPS) is 14.1. The van der Waals surface area contributed by atoms with Crippen molar-refractivity contribution >= 4 is 51.9 Å². The van der Waals surface area contributed by atoms with Crippen molar-refractivity contribution in [3.63, 3.8) is 0 Å². The van der Waals surface area contributed by atoms with E-state index in [1.165, 1.54) is 53.9 Å². The lowest BCUT2D eigenvalue weighted by Crippen LogP contribution is -2.76. The zero-order valence-corrected chi connectivity index (χ0v) is 26.0. The Labute approximate surface area is 269 Å². The molecule has 0 spiro atoms. The van der Waals surface area contributed by atoms with Crippen molar-refractivity contribution in [2.45, 2.75) is 0 Å². The third-order valence-electron chi connectivity index (χ3n) is 10.1. The maximum atomic E-state index is 7.28. The number of hydrogen-bond donors (Lipinski definition) is 0. The van der Waals surface area contributed by atoms with Crippen molar-refractivity contribution in [1.82, 2.24) is 0 Å². The second-order valence-corrected chi connectivity index (χ2v) is 16.0. The molecule has 0 saturated carbocycles. The molecule has 214 valence electrons. The smallest absolute Gasteiger partial charge is 0.260 e. The van der Waals surface area contributed by atoms with E-state index in [4.69, 9.17) is 9.47 Å². The predicted molar refractivity (Wildman–Crippen MR) is 192 cm³/mol. The Morgan fingerprint density at radius 3 is 1.57 bits per heavy atom. The van der Waals surface area contributed by atoms with Gasteiger partial charge in [0.05, 0.1) is 0 Å². The largest absolute Gasteiger partial charge is 0.458 e. The second-order valence-electron chi connectivity index (χ2n) is 12.3. The minimum Gasteiger partial charge on any atom is -0.458 e. The van der Waals surface area contributed by atoms with Gasteiger partial charge in [0.2, 0.25) is 0 Å². The molecule has 2 nitrogen and oxygen atoms in total. The van der Waals surface area contributed by atoms with E-state index in [1.807, 2.05) is 0 Å². The summed E-state index contributed by atoms with van der Waals surface area (Å²) in [4.78, 5) is 0. The summed E-state index contributed by atoms with van der Waals surface area (Å²) in [6.45, 7) is -0.00260. The standard InChI is InChI=1S/C42H27BO2Si/c1-3-15-28(16-4-1)46(29-17-5-2-6-18-29)39-26-14-9-21-32(39)30-19-7-8-20-31(30)33-27-38-40-41(42(33)46)45-37-25-13-11-23-35(37)43(40)34-22-10-12-24-36(34)44-38/h1-27H. The Hall–Kier alpha value is -5.58. The van der Waals surface area contributed by atoms with Crippen molar-refractivity contribution < 1.29 is 9.47 Å². The Bertz CT molecular complexity index is 2280. The van der Waals surface area contributed by atoms with E-state index < -0.39 is 8.07 Å². The van der Waals surface area contributed by atoms with Crippen LogP contribution < -0.4 is 46.6 Å². The van der Waals surface area contributed by atoms with Crippen LogP contribution in [0.3, 0.4) is 0 Å². The highest BCUT2D eigenvalue weighted by Gasteiger charge is 2.52. The summed E-state index contributed by atoms with van der Waals surface area (Å²) in [5.41, 5.74) is 8.36. The monoisotopic (exact) mass is 602 g/mol. The summed E-state index contributed by atoms with van der Waals surface area (Å²) < 4.78 is 14.1. The maximum absolute atomic E-state index is 7.28. The fraction of sp³-hybridized carbons (Fsp3) is 0. The van der Waals surface area contributed by atoms with Gasteiger partial charge in [0.25, 0.3) is 6.71 Å². The average molecular weight is 603 g/mol. The first kappa shape index (κ1) is 25.7. The van der Waals surface area contributed by atoms with Crippen LogP contribution in [-0.4, -0.2) is 14.8 Å². The molecule has 0 atom stereocenters. The molecule has 0 saturated heterocycles. The molecule has 3 heterocycles. The maximum Gasteiger partial charge on any atom is 0.260 e. The van der Waals surface area contributed by atoms with E-state index in [2.05, 4.69) is 164 Å². The topological polar surface area (TPSA) is 18.5 Å². The first-order chi connectivity index (χ1) is 22.8. The van der Waals surface area contributed by atoms with E-state index in [0.29, 0.717) is 0 Å². The molecule has 0 radical (unpaired) electrons. The third kappa shape index (κ3) is 3.37. The van der Waals surface area contributed by atoms with Crippen LogP contribution in [0.1, 0.15) is 0 Å². The minimum absolute atomic E-state index is 0.00260. The Morgan fingerprint density at radius 1 is 0.413 bits per heavy atom. The van der Waals surface area contributed by atoms with Gasteiger partial charge in [0.1, 0.15) is 23.0 Å². The van der Waals surface area contributed by atoms with Crippen LogP contribution in [0.25, 0.3) is 22.3 Å². The van der Waals surface area contributed by atoms with Crippen LogP contribution in [0.5, 0.6) is 23.0 Å². The van der Waals surface area contributed by atoms with E-state index in [-0.39, 0.29) is 6.71 Å². The van der Waals surface area contributed by atoms with E-state index in [1.54, 1.807) is 0 Å². The summed E-state index contributed by atoms with van der Waals surface area (Å²) in [6, 6.07) is 59.7. The number of benzene rings is 7. The van der Waals surface area contributed by atoms with Gasteiger partial charge in [-0.05, 0) is 66.9 Å². The van der Waals surface area contributed by atoms with Crippen molar-refractivity contribution in [2.24, 2.45) is 0 Å². The molecule has 0 amide bonds. The second kappa shape index (κ2) is 9.71. The molecule has 0 unspecified atom stereocenters. The molecule has 4 heteroatoms. The molecule has 0 fully saturated rings. The lowest BCUT2D eigenvalue weighted by molar-refractivity contribution is 0.467. The summed E-state index contributed by atoms with van der Waals surface area (Å²) in [5.74, 6) is 3.63. The number of rotatable bonds is 2. The molecule has 0 aromatic heterocycles. The summed E-state index contributed by atoms with van der Waals surface area (Å²) in [7, 11) is -3.04. The number of hydrogen-bond acceptors (Lipinski definition) is 2. The molecule has 3 aliphatic heterocycles. The predicted octanol–water partition coefficient (Wildman–Crippen LogP) is 5.44. The van der Waals surface area contributed by atoms with Gasteiger partial charge in [-0.1, -0.05) is 146 Å². The molecule has 46 heavy (non-hydrogen) atoms. The molecule has 3 aliphatic rings. The molecule has 7 aromatic rings. The van der Waals surface area contributed by atoms with Crippen LogP contribution in [0, 0.1) is 0 Å². The Balaban J connectivity index is 1.46. The molecule has 0 bridgehead atoms. The third-order valence-corrected chi connectivity index (χ3v) is 15.0. The fourth-order valence-electron chi connectivity index (χ4n) is 8.30. The SMILES string of the molecule is c1ccc([Si]2(c3ccccc3)c3ccccc3-c3ccccc3-c3cc4c5c(c32)Oc2ccccc2B5c2ccccc2O4)cc1. The van der Waals surface area contributed by atoms with Gasteiger partial charge in [-0.2, -0.15) is 0 Å². The zero-order valence-electron chi connectivity index (χ0n) is 25.0. The Morgan fingerprint density at radius 2 is 0.913 bits per heavy atom. The van der Waals surface area contributed by atoms with E-state index >= 15 is 0 Å². The molecular weight excluding hydrogens is 575 g/mol. The lowest BCUT2D eigenvalue weighted by atomic mass is 9.35.